The van der Waals surface area contributed by atoms with Crippen LogP contribution in [0.4, 0.5) is 0 Å². The number of imidazole rings is 1. The van der Waals surface area contributed by atoms with Gasteiger partial charge in [0, 0.05) is 63.9 Å². The van der Waals surface area contributed by atoms with E-state index in [2.05, 4.69) is 30.4 Å². The summed E-state index contributed by atoms with van der Waals surface area (Å²) in [5.41, 5.74) is 1.20. The van der Waals surface area contributed by atoms with Gasteiger partial charge in [-0.25, -0.2) is 4.98 Å². The van der Waals surface area contributed by atoms with Gasteiger partial charge < -0.3 is 9.47 Å². The number of hydrogen-bond acceptors (Lipinski definition) is 4. The number of nitrogens with zero attached hydrogens (tertiary/aromatic N) is 5. The van der Waals surface area contributed by atoms with Crippen molar-refractivity contribution >= 4 is 5.91 Å². The Kier molecular flexibility index (Phi) is 4.53. The molecule has 0 unspecified atom stereocenters. The maximum atomic E-state index is 12.8. The van der Waals surface area contributed by atoms with Gasteiger partial charge in [-0.05, 0) is 30.4 Å². The Labute approximate surface area is 148 Å². The molecule has 1 aliphatic carbocycles. The van der Waals surface area contributed by atoms with E-state index in [1.54, 1.807) is 6.20 Å². The molecule has 2 aromatic heterocycles. The molecule has 2 aromatic rings. The van der Waals surface area contributed by atoms with Crippen LogP contribution in [0, 0.1) is 5.92 Å². The van der Waals surface area contributed by atoms with Crippen molar-refractivity contribution in [1.29, 1.82) is 0 Å². The van der Waals surface area contributed by atoms with E-state index in [1.807, 2.05) is 31.7 Å². The van der Waals surface area contributed by atoms with Gasteiger partial charge in [-0.15, -0.1) is 0 Å². The first-order chi connectivity index (χ1) is 12.2. The summed E-state index contributed by atoms with van der Waals surface area (Å²) in [7, 11) is 2.03. The number of rotatable bonds is 4. The summed E-state index contributed by atoms with van der Waals surface area (Å²) in [4.78, 5) is 25.9. The summed E-state index contributed by atoms with van der Waals surface area (Å²) >= 11 is 0. The third-order valence-corrected chi connectivity index (χ3v) is 5.41. The quantitative estimate of drug-likeness (QED) is 0.850. The Bertz CT molecular complexity index is 728. The maximum absolute atomic E-state index is 12.8. The van der Waals surface area contributed by atoms with E-state index in [0.717, 1.165) is 51.4 Å². The monoisotopic (exact) mass is 339 g/mol. The Balaban J connectivity index is 1.32. The predicted molar refractivity (Wildman–Crippen MR) is 94.8 cm³/mol. The first-order valence-corrected chi connectivity index (χ1v) is 9.09. The van der Waals surface area contributed by atoms with Crippen molar-refractivity contribution in [2.45, 2.75) is 25.3 Å². The van der Waals surface area contributed by atoms with Crippen molar-refractivity contribution in [2.24, 2.45) is 13.0 Å². The van der Waals surface area contributed by atoms with Crippen LogP contribution in [-0.4, -0.2) is 56.4 Å². The van der Waals surface area contributed by atoms with Crippen LogP contribution in [0.3, 0.4) is 0 Å². The standard InChI is InChI=1S/C19H25N5O/c1-22-9-6-21-18(22)14-23-7-3-8-24(11-10-23)19(25)17-12-16(17)15-4-2-5-20-13-15/h2,4-6,9,13,16-17H,3,7-8,10-12,14H2,1H3/t16-,17+/m1/s1. The fourth-order valence-corrected chi connectivity index (χ4v) is 3.76. The molecule has 6 nitrogen and oxygen atoms in total. The minimum absolute atomic E-state index is 0.158. The van der Waals surface area contributed by atoms with Crippen molar-refractivity contribution in [3.63, 3.8) is 0 Å². The fraction of sp³-hybridized carbons (Fsp3) is 0.526. The smallest absolute Gasteiger partial charge is 0.226 e. The first kappa shape index (κ1) is 16.3. The van der Waals surface area contributed by atoms with Crippen LogP contribution in [0.2, 0.25) is 0 Å². The second-order valence-corrected chi connectivity index (χ2v) is 7.14. The highest BCUT2D eigenvalue weighted by atomic mass is 16.2. The second kappa shape index (κ2) is 6.96. The third-order valence-electron chi connectivity index (χ3n) is 5.41. The maximum Gasteiger partial charge on any atom is 0.226 e. The van der Waals surface area contributed by atoms with Crippen molar-refractivity contribution in [3.05, 3.63) is 48.3 Å². The molecule has 1 saturated heterocycles. The molecule has 2 aliphatic rings. The number of hydrogen-bond donors (Lipinski definition) is 0. The van der Waals surface area contributed by atoms with Gasteiger partial charge >= 0.3 is 0 Å². The number of amides is 1. The third kappa shape index (κ3) is 3.58. The van der Waals surface area contributed by atoms with Gasteiger partial charge in [0.1, 0.15) is 5.82 Å². The number of aromatic nitrogens is 3. The zero-order valence-electron chi connectivity index (χ0n) is 14.7. The lowest BCUT2D eigenvalue weighted by molar-refractivity contribution is -0.132. The Morgan fingerprint density at radius 1 is 1.24 bits per heavy atom. The van der Waals surface area contributed by atoms with Gasteiger partial charge in [0.25, 0.3) is 0 Å². The van der Waals surface area contributed by atoms with Gasteiger partial charge in [0.05, 0.1) is 6.54 Å². The molecule has 1 aliphatic heterocycles. The lowest BCUT2D eigenvalue weighted by Crippen LogP contribution is -2.36. The number of aryl methyl sites for hydroxylation is 1. The van der Waals surface area contributed by atoms with Gasteiger partial charge in [-0.3, -0.25) is 14.7 Å². The number of carbonyl (C=O) groups excluding carboxylic acids is 1. The SMILES string of the molecule is Cn1ccnc1CN1CCCN(C(=O)[C@H]2C[C@@H]2c2cccnc2)CC1. The minimum Gasteiger partial charge on any atom is -0.341 e. The molecule has 0 bridgehead atoms. The fourth-order valence-electron chi connectivity index (χ4n) is 3.76. The van der Waals surface area contributed by atoms with Crippen molar-refractivity contribution < 1.29 is 4.79 Å². The molecule has 1 saturated carbocycles. The molecule has 4 rings (SSSR count). The summed E-state index contributed by atoms with van der Waals surface area (Å²) in [6.45, 7) is 4.48. The van der Waals surface area contributed by atoms with Crippen LogP contribution in [0.25, 0.3) is 0 Å². The van der Waals surface area contributed by atoms with Crippen LogP contribution in [0.5, 0.6) is 0 Å². The van der Waals surface area contributed by atoms with Crippen LogP contribution in [0.15, 0.2) is 36.9 Å². The molecule has 2 fully saturated rings. The average Bonchev–Trinajstić information content (AvgIpc) is 3.38. The lowest BCUT2D eigenvalue weighted by Gasteiger charge is -2.22. The molecule has 3 heterocycles. The van der Waals surface area contributed by atoms with Gasteiger partial charge in [0.15, 0.2) is 0 Å². The highest BCUT2D eigenvalue weighted by molar-refractivity contribution is 5.83. The molecular formula is C19H25N5O. The number of pyridine rings is 1. The van der Waals surface area contributed by atoms with Crippen LogP contribution in [0.1, 0.15) is 30.1 Å². The first-order valence-electron chi connectivity index (χ1n) is 9.09. The van der Waals surface area contributed by atoms with Crippen LogP contribution in [-0.2, 0) is 18.4 Å². The predicted octanol–water partition coefficient (Wildman–Crippen LogP) is 1.65. The topological polar surface area (TPSA) is 54.3 Å². The molecular weight excluding hydrogens is 314 g/mol. The molecule has 0 spiro atoms. The van der Waals surface area contributed by atoms with E-state index in [4.69, 9.17) is 0 Å². The summed E-state index contributed by atoms with van der Waals surface area (Å²) in [5.74, 6) is 1.93. The second-order valence-electron chi connectivity index (χ2n) is 7.14. The molecule has 1 amide bonds. The Morgan fingerprint density at radius 3 is 2.92 bits per heavy atom. The Hall–Kier alpha value is -2.21. The summed E-state index contributed by atoms with van der Waals surface area (Å²) < 4.78 is 2.07. The van der Waals surface area contributed by atoms with Crippen molar-refractivity contribution in [2.75, 3.05) is 26.2 Å². The van der Waals surface area contributed by atoms with E-state index in [1.165, 1.54) is 5.56 Å². The molecule has 0 N–H and O–H groups in total. The largest absolute Gasteiger partial charge is 0.341 e. The summed E-state index contributed by atoms with van der Waals surface area (Å²) in [6, 6.07) is 4.04. The molecule has 2 atom stereocenters. The van der Waals surface area contributed by atoms with E-state index >= 15 is 0 Å². The van der Waals surface area contributed by atoms with Crippen LogP contribution < -0.4 is 0 Å². The van der Waals surface area contributed by atoms with Crippen molar-refractivity contribution in [3.8, 4) is 0 Å². The van der Waals surface area contributed by atoms with Crippen LogP contribution >= 0.6 is 0 Å². The normalized spacial score (nSPS) is 24.1. The van der Waals surface area contributed by atoms with Crippen molar-refractivity contribution in [1.82, 2.24) is 24.3 Å². The zero-order chi connectivity index (χ0) is 17.2. The highest BCUT2D eigenvalue weighted by Gasteiger charge is 2.45. The molecule has 132 valence electrons. The minimum atomic E-state index is 0.158. The average molecular weight is 339 g/mol. The molecule has 6 heteroatoms. The summed E-state index contributed by atoms with van der Waals surface area (Å²) in [6.07, 6.45) is 9.50. The lowest BCUT2D eigenvalue weighted by atomic mass is 10.1. The molecule has 25 heavy (non-hydrogen) atoms. The summed E-state index contributed by atoms with van der Waals surface area (Å²) in [5, 5.41) is 0. The zero-order valence-corrected chi connectivity index (χ0v) is 14.7. The van der Waals surface area contributed by atoms with E-state index < -0.39 is 0 Å². The molecule has 0 aromatic carbocycles. The van der Waals surface area contributed by atoms with E-state index in [-0.39, 0.29) is 5.92 Å². The molecule has 0 radical (unpaired) electrons. The van der Waals surface area contributed by atoms with E-state index in [0.29, 0.717) is 11.8 Å². The Morgan fingerprint density at radius 2 is 2.16 bits per heavy atom. The highest BCUT2D eigenvalue weighted by Crippen LogP contribution is 2.48. The van der Waals surface area contributed by atoms with Gasteiger partial charge in [-0.1, -0.05) is 6.07 Å². The van der Waals surface area contributed by atoms with E-state index in [9.17, 15) is 4.79 Å². The van der Waals surface area contributed by atoms with Gasteiger partial charge in [0.2, 0.25) is 5.91 Å². The van der Waals surface area contributed by atoms with Gasteiger partial charge in [-0.2, -0.15) is 0 Å². The number of carbonyl (C=O) groups is 1.